The number of carbonyl (C=O) groups is 2. The lowest BCUT2D eigenvalue weighted by Crippen LogP contribution is -2.43. The van der Waals surface area contributed by atoms with Crippen LogP contribution in [0.5, 0.6) is 11.5 Å². The van der Waals surface area contributed by atoms with E-state index < -0.39 is 0 Å². The fourth-order valence-corrected chi connectivity index (χ4v) is 5.11. The highest BCUT2D eigenvalue weighted by atomic mass is 16.5. The van der Waals surface area contributed by atoms with Crippen LogP contribution in [0.3, 0.4) is 0 Å². The standard InChI is InChI=1S/C32H39N3O5/c1-4-40-32(37)14-16-33-26-11-12-27-25(20-26)15-17-35(22-31(36)34-21-23-8-6-5-7-9-23)28(27)18-24-10-13-29(38-2)30(19-24)39-3/h5-13,19-20,28,33H,4,14-18,21-22H2,1-3H3,(H,34,36). The van der Waals surface area contributed by atoms with Gasteiger partial charge in [-0.15, -0.1) is 0 Å². The molecular weight excluding hydrogens is 506 g/mol. The van der Waals surface area contributed by atoms with E-state index in [1.165, 1.54) is 11.1 Å². The summed E-state index contributed by atoms with van der Waals surface area (Å²) in [6, 6.07) is 22.3. The quantitative estimate of drug-likeness (QED) is 0.305. The number of amides is 1. The largest absolute Gasteiger partial charge is 0.493 e. The van der Waals surface area contributed by atoms with Gasteiger partial charge < -0.3 is 24.8 Å². The van der Waals surface area contributed by atoms with E-state index in [9.17, 15) is 9.59 Å². The number of methoxy groups -OCH3 is 2. The average Bonchev–Trinajstić information content (AvgIpc) is 2.97. The van der Waals surface area contributed by atoms with Crippen LogP contribution in [0.2, 0.25) is 0 Å². The molecule has 0 bridgehead atoms. The molecule has 0 saturated heterocycles. The van der Waals surface area contributed by atoms with Gasteiger partial charge in [-0.1, -0.05) is 42.5 Å². The fourth-order valence-electron chi connectivity index (χ4n) is 5.11. The van der Waals surface area contributed by atoms with Crippen LogP contribution in [0.25, 0.3) is 0 Å². The van der Waals surface area contributed by atoms with Gasteiger partial charge in [0.25, 0.3) is 0 Å². The number of carbonyl (C=O) groups excluding carboxylic acids is 2. The van der Waals surface area contributed by atoms with E-state index in [1.807, 2.05) is 55.5 Å². The maximum atomic E-state index is 13.0. The molecule has 8 nitrogen and oxygen atoms in total. The summed E-state index contributed by atoms with van der Waals surface area (Å²) in [5.41, 5.74) is 5.59. The average molecular weight is 546 g/mol. The lowest BCUT2D eigenvalue weighted by molar-refractivity contribution is -0.142. The van der Waals surface area contributed by atoms with Crippen molar-refractivity contribution in [2.45, 2.75) is 38.8 Å². The smallest absolute Gasteiger partial charge is 0.307 e. The SMILES string of the molecule is CCOC(=O)CCNc1ccc2c(c1)CCN(CC(=O)NCc1ccccc1)C2Cc1ccc(OC)c(OC)c1. The van der Waals surface area contributed by atoms with E-state index in [-0.39, 0.29) is 17.9 Å². The Balaban J connectivity index is 1.51. The first kappa shape index (κ1) is 29.0. The normalized spacial score (nSPS) is 14.6. The number of benzene rings is 3. The second-order valence-electron chi connectivity index (χ2n) is 9.79. The van der Waals surface area contributed by atoms with E-state index in [0.29, 0.717) is 44.2 Å². The minimum Gasteiger partial charge on any atom is -0.493 e. The van der Waals surface area contributed by atoms with Crippen molar-refractivity contribution in [2.75, 3.05) is 45.8 Å². The third-order valence-electron chi connectivity index (χ3n) is 7.13. The van der Waals surface area contributed by atoms with Gasteiger partial charge in [-0.05, 0) is 66.3 Å². The van der Waals surface area contributed by atoms with Gasteiger partial charge >= 0.3 is 5.97 Å². The zero-order valence-corrected chi connectivity index (χ0v) is 23.6. The van der Waals surface area contributed by atoms with Gasteiger partial charge in [0.1, 0.15) is 0 Å². The highest BCUT2D eigenvalue weighted by molar-refractivity contribution is 5.78. The maximum Gasteiger partial charge on any atom is 0.307 e. The molecule has 3 aromatic carbocycles. The molecule has 0 aromatic heterocycles. The molecule has 40 heavy (non-hydrogen) atoms. The van der Waals surface area contributed by atoms with Gasteiger partial charge in [0, 0.05) is 31.4 Å². The number of esters is 1. The summed E-state index contributed by atoms with van der Waals surface area (Å²) >= 11 is 0. The third-order valence-corrected chi connectivity index (χ3v) is 7.13. The van der Waals surface area contributed by atoms with Crippen molar-refractivity contribution in [1.82, 2.24) is 10.2 Å². The zero-order valence-electron chi connectivity index (χ0n) is 23.6. The predicted molar refractivity (Wildman–Crippen MR) is 156 cm³/mol. The Morgan fingerprint density at radius 2 is 1.75 bits per heavy atom. The van der Waals surface area contributed by atoms with Crippen LogP contribution >= 0.6 is 0 Å². The summed E-state index contributed by atoms with van der Waals surface area (Å²) in [5, 5.41) is 6.42. The van der Waals surface area contributed by atoms with Crippen LogP contribution in [0.1, 0.15) is 41.6 Å². The van der Waals surface area contributed by atoms with E-state index >= 15 is 0 Å². The molecule has 212 valence electrons. The van der Waals surface area contributed by atoms with Crippen LogP contribution in [-0.4, -0.2) is 57.2 Å². The Hall–Kier alpha value is -4.04. The Morgan fingerprint density at radius 1 is 0.950 bits per heavy atom. The monoisotopic (exact) mass is 545 g/mol. The fraction of sp³-hybridized carbons (Fsp3) is 0.375. The molecule has 4 rings (SSSR count). The topological polar surface area (TPSA) is 89.1 Å². The first-order chi connectivity index (χ1) is 19.5. The second kappa shape index (κ2) is 14.4. The first-order valence-corrected chi connectivity index (χ1v) is 13.8. The molecule has 1 atom stereocenters. The molecule has 0 aliphatic carbocycles. The van der Waals surface area contributed by atoms with E-state index in [2.05, 4.69) is 33.7 Å². The first-order valence-electron chi connectivity index (χ1n) is 13.8. The number of rotatable bonds is 13. The number of nitrogens with one attached hydrogen (secondary N) is 2. The lowest BCUT2D eigenvalue weighted by Gasteiger charge is -2.37. The van der Waals surface area contributed by atoms with Crippen LogP contribution in [-0.2, 0) is 33.7 Å². The molecule has 1 heterocycles. The minimum atomic E-state index is -0.205. The van der Waals surface area contributed by atoms with Gasteiger partial charge in [-0.25, -0.2) is 0 Å². The molecule has 1 amide bonds. The highest BCUT2D eigenvalue weighted by Gasteiger charge is 2.29. The zero-order chi connectivity index (χ0) is 28.3. The lowest BCUT2D eigenvalue weighted by atomic mass is 9.88. The summed E-state index contributed by atoms with van der Waals surface area (Å²) in [6.07, 6.45) is 1.87. The molecule has 1 aliphatic heterocycles. The number of fused-ring (bicyclic) bond motifs is 1. The number of nitrogens with zero attached hydrogens (tertiary/aromatic N) is 1. The van der Waals surface area contributed by atoms with Crippen molar-refractivity contribution in [1.29, 1.82) is 0 Å². The van der Waals surface area contributed by atoms with Crippen molar-refractivity contribution in [3.8, 4) is 11.5 Å². The molecule has 2 N–H and O–H groups in total. The summed E-state index contributed by atoms with van der Waals surface area (Å²) in [7, 11) is 3.26. The van der Waals surface area contributed by atoms with Gasteiger partial charge in [-0.3, -0.25) is 14.5 Å². The van der Waals surface area contributed by atoms with E-state index in [1.54, 1.807) is 14.2 Å². The van der Waals surface area contributed by atoms with Crippen molar-refractivity contribution < 1.29 is 23.8 Å². The van der Waals surface area contributed by atoms with Crippen molar-refractivity contribution in [3.63, 3.8) is 0 Å². The van der Waals surface area contributed by atoms with Crippen LogP contribution in [0.4, 0.5) is 5.69 Å². The molecule has 0 saturated carbocycles. The van der Waals surface area contributed by atoms with E-state index in [4.69, 9.17) is 14.2 Å². The molecule has 1 aliphatic rings. The highest BCUT2D eigenvalue weighted by Crippen LogP contribution is 2.36. The Labute approximate surface area is 236 Å². The van der Waals surface area contributed by atoms with Crippen LogP contribution < -0.4 is 20.1 Å². The van der Waals surface area contributed by atoms with Crippen LogP contribution in [0.15, 0.2) is 66.7 Å². The number of ether oxygens (including phenoxy) is 3. The minimum absolute atomic E-state index is 0.00173. The van der Waals surface area contributed by atoms with Crippen molar-refractivity contribution >= 4 is 17.6 Å². The summed E-state index contributed by atoms with van der Waals surface area (Å²) in [5.74, 6) is 1.17. The summed E-state index contributed by atoms with van der Waals surface area (Å²) in [6.45, 7) is 4.29. The molecule has 0 fully saturated rings. The predicted octanol–water partition coefficient (Wildman–Crippen LogP) is 4.53. The third kappa shape index (κ3) is 7.76. The second-order valence-corrected chi connectivity index (χ2v) is 9.79. The summed E-state index contributed by atoms with van der Waals surface area (Å²) < 4.78 is 16.0. The van der Waals surface area contributed by atoms with Gasteiger partial charge in [0.2, 0.25) is 5.91 Å². The molecule has 3 aromatic rings. The Kier molecular flexibility index (Phi) is 10.4. The van der Waals surface area contributed by atoms with Gasteiger partial charge in [0.15, 0.2) is 11.5 Å². The molecule has 8 heteroatoms. The van der Waals surface area contributed by atoms with Crippen molar-refractivity contribution in [2.24, 2.45) is 0 Å². The van der Waals surface area contributed by atoms with Gasteiger partial charge in [0.05, 0.1) is 33.8 Å². The Bertz CT molecular complexity index is 1280. The van der Waals surface area contributed by atoms with Crippen molar-refractivity contribution in [3.05, 3.63) is 89.0 Å². The van der Waals surface area contributed by atoms with Gasteiger partial charge in [-0.2, -0.15) is 0 Å². The number of hydrogen-bond acceptors (Lipinski definition) is 7. The van der Waals surface area contributed by atoms with Crippen LogP contribution in [0, 0.1) is 0 Å². The molecule has 1 unspecified atom stereocenters. The van der Waals surface area contributed by atoms with E-state index in [0.717, 1.165) is 36.2 Å². The summed E-state index contributed by atoms with van der Waals surface area (Å²) in [4.78, 5) is 27.0. The molecule has 0 spiro atoms. The molecule has 0 radical (unpaired) electrons. The Morgan fingerprint density at radius 3 is 2.50 bits per heavy atom. The number of hydrogen-bond donors (Lipinski definition) is 2. The number of anilines is 1. The molecular formula is C32H39N3O5. The maximum absolute atomic E-state index is 13.0.